The van der Waals surface area contributed by atoms with Crippen molar-refractivity contribution in [1.82, 2.24) is 0 Å². The van der Waals surface area contributed by atoms with Crippen molar-refractivity contribution in [2.45, 2.75) is 31.7 Å². The van der Waals surface area contributed by atoms with E-state index in [2.05, 4.69) is 0 Å². The van der Waals surface area contributed by atoms with Crippen molar-refractivity contribution < 1.29 is 9.47 Å². The lowest BCUT2D eigenvalue weighted by Gasteiger charge is -2.29. The van der Waals surface area contributed by atoms with E-state index in [1.54, 1.807) is 14.2 Å². The minimum absolute atomic E-state index is 0.0291. The summed E-state index contributed by atoms with van der Waals surface area (Å²) in [5, 5.41) is 0. The Morgan fingerprint density at radius 3 is 2.26 bits per heavy atom. The summed E-state index contributed by atoms with van der Waals surface area (Å²) in [6.07, 6.45) is 5.39. The second-order valence-corrected chi connectivity index (χ2v) is 5.94. The summed E-state index contributed by atoms with van der Waals surface area (Å²) in [6, 6.07) is 5.94. The van der Waals surface area contributed by atoms with Crippen LogP contribution in [-0.2, 0) is 0 Å². The molecule has 0 heterocycles. The highest BCUT2D eigenvalue weighted by atomic mass is 16.5. The molecule has 1 aromatic carbocycles. The highest BCUT2D eigenvalue weighted by Crippen LogP contribution is 2.53. The molecule has 0 amide bonds. The standard InChI is InChI=1S/C16H23NO2/c1-18-13-4-3-5-14(19-2)15(13)16(17)12-9-10-6-7-11(12)8-10/h3-5,10-12,16H,6-9,17H2,1-2H3. The third-order valence-corrected chi connectivity index (χ3v) is 5.05. The summed E-state index contributed by atoms with van der Waals surface area (Å²) >= 11 is 0. The van der Waals surface area contributed by atoms with Crippen LogP contribution in [0.25, 0.3) is 0 Å². The van der Waals surface area contributed by atoms with E-state index in [1.165, 1.54) is 25.7 Å². The fraction of sp³-hybridized carbons (Fsp3) is 0.625. The first-order chi connectivity index (χ1) is 9.24. The molecular weight excluding hydrogens is 238 g/mol. The zero-order chi connectivity index (χ0) is 13.4. The fourth-order valence-electron chi connectivity index (χ4n) is 4.16. The smallest absolute Gasteiger partial charge is 0.127 e. The van der Waals surface area contributed by atoms with Crippen molar-refractivity contribution in [2.75, 3.05) is 14.2 Å². The molecule has 104 valence electrons. The van der Waals surface area contributed by atoms with Crippen LogP contribution in [0.4, 0.5) is 0 Å². The van der Waals surface area contributed by atoms with Crippen LogP contribution < -0.4 is 15.2 Å². The molecule has 1 aromatic rings. The van der Waals surface area contributed by atoms with Gasteiger partial charge in [-0.3, -0.25) is 0 Å². The van der Waals surface area contributed by atoms with E-state index in [9.17, 15) is 0 Å². The maximum Gasteiger partial charge on any atom is 0.127 e. The number of hydrogen-bond acceptors (Lipinski definition) is 3. The van der Waals surface area contributed by atoms with Crippen LogP contribution >= 0.6 is 0 Å². The van der Waals surface area contributed by atoms with E-state index >= 15 is 0 Å². The van der Waals surface area contributed by atoms with Gasteiger partial charge in [0, 0.05) is 6.04 Å². The Morgan fingerprint density at radius 1 is 1.11 bits per heavy atom. The molecule has 3 nitrogen and oxygen atoms in total. The summed E-state index contributed by atoms with van der Waals surface area (Å²) in [7, 11) is 3.40. The Balaban J connectivity index is 1.92. The second-order valence-electron chi connectivity index (χ2n) is 5.94. The van der Waals surface area contributed by atoms with E-state index in [0.29, 0.717) is 5.92 Å². The Kier molecular flexibility index (Phi) is 3.40. The van der Waals surface area contributed by atoms with Crippen molar-refractivity contribution in [3.05, 3.63) is 23.8 Å². The molecular formula is C16H23NO2. The van der Waals surface area contributed by atoms with Gasteiger partial charge in [-0.1, -0.05) is 12.5 Å². The predicted octanol–water partition coefficient (Wildman–Crippen LogP) is 3.14. The van der Waals surface area contributed by atoms with Crippen molar-refractivity contribution in [3.63, 3.8) is 0 Å². The van der Waals surface area contributed by atoms with Gasteiger partial charge in [-0.25, -0.2) is 0 Å². The van der Waals surface area contributed by atoms with Crippen LogP contribution in [0, 0.1) is 17.8 Å². The predicted molar refractivity (Wildman–Crippen MR) is 75.4 cm³/mol. The molecule has 4 atom stereocenters. The quantitative estimate of drug-likeness (QED) is 0.905. The lowest BCUT2D eigenvalue weighted by atomic mass is 9.80. The molecule has 3 rings (SSSR count). The maximum atomic E-state index is 6.58. The number of rotatable bonds is 4. The summed E-state index contributed by atoms with van der Waals surface area (Å²) in [6.45, 7) is 0. The first kappa shape index (κ1) is 12.8. The Labute approximate surface area is 115 Å². The molecule has 3 heteroatoms. The van der Waals surface area contributed by atoms with Crippen LogP contribution in [0.2, 0.25) is 0 Å². The summed E-state index contributed by atoms with van der Waals surface area (Å²) in [4.78, 5) is 0. The number of benzene rings is 1. The maximum absolute atomic E-state index is 6.58. The lowest BCUT2D eigenvalue weighted by Crippen LogP contribution is -2.26. The first-order valence-corrected chi connectivity index (χ1v) is 7.21. The van der Waals surface area contributed by atoms with Gasteiger partial charge < -0.3 is 15.2 Å². The van der Waals surface area contributed by atoms with Crippen LogP contribution in [0.5, 0.6) is 11.5 Å². The van der Waals surface area contributed by atoms with Crippen molar-refractivity contribution in [1.29, 1.82) is 0 Å². The van der Waals surface area contributed by atoms with Gasteiger partial charge in [0.2, 0.25) is 0 Å². The second kappa shape index (κ2) is 5.04. The van der Waals surface area contributed by atoms with Gasteiger partial charge in [0.05, 0.1) is 19.8 Å². The van der Waals surface area contributed by atoms with Crippen LogP contribution in [0.1, 0.15) is 37.3 Å². The fourth-order valence-corrected chi connectivity index (χ4v) is 4.16. The molecule has 0 spiro atoms. The minimum atomic E-state index is 0.0291. The average Bonchev–Trinajstić information content (AvgIpc) is 3.08. The SMILES string of the molecule is COc1cccc(OC)c1C(N)C1CC2CCC1C2. The molecule has 2 aliphatic carbocycles. The average molecular weight is 261 g/mol. The Bertz CT molecular complexity index is 438. The number of ether oxygens (including phenoxy) is 2. The lowest BCUT2D eigenvalue weighted by molar-refractivity contribution is 0.272. The highest BCUT2D eigenvalue weighted by molar-refractivity contribution is 5.47. The number of nitrogens with two attached hydrogens (primary N) is 1. The van der Waals surface area contributed by atoms with Gasteiger partial charge >= 0.3 is 0 Å². The van der Waals surface area contributed by atoms with E-state index in [4.69, 9.17) is 15.2 Å². The molecule has 4 unspecified atom stereocenters. The molecule has 0 aromatic heterocycles. The van der Waals surface area contributed by atoms with E-state index in [-0.39, 0.29) is 6.04 Å². The summed E-state index contributed by atoms with van der Waals surface area (Å²) in [5.41, 5.74) is 7.63. The summed E-state index contributed by atoms with van der Waals surface area (Å²) in [5.74, 6) is 4.00. The van der Waals surface area contributed by atoms with Gasteiger partial charge in [-0.15, -0.1) is 0 Å². The number of fused-ring (bicyclic) bond motifs is 2. The van der Waals surface area contributed by atoms with Crippen LogP contribution in [-0.4, -0.2) is 14.2 Å². The molecule has 0 aliphatic heterocycles. The zero-order valence-electron chi connectivity index (χ0n) is 11.8. The molecule has 0 saturated heterocycles. The Hall–Kier alpha value is -1.22. The van der Waals surface area contributed by atoms with Crippen molar-refractivity contribution in [2.24, 2.45) is 23.5 Å². The normalized spacial score (nSPS) is 30.4. The minimum Gasteiger partial charge on any atom is -0.496 e. The molecule has 2 bridgehead atoms. The van der Waals surface area contributed by atoms with E-state index in [1.807, 2.05) is 18.2 Å². The first-order valence-electron chi connectivity index (χ1n) is 7.21. The van der Waals surface area contributed by atoms with Gasteiger partial charge in [-0.05, 0) is 49.1 Å². The largest absolute Gasteiger partial charge is 0.496 e. The molecule has 0 radical (unpaired) electrons. The van der Waals surface area contributed by atoms with Gasteiger partial charge in [-0.2, -0.15) is 0 Å². The monoisotopic (exact) mass is 261 g/mol. The molecule has 19 heavy (non-hydrogen) atoms. The van der Waals surface area contributed by atoms with Crippen LogP contribution in [0.15, 0.2) is 18.2 Å². The van der Waals surface area contributed by atoms with E-state index in [0.717, 1.165) is 28.9 Å². The van der Waals surface area contributed by atoms with Crippen molar-refractivity contribution >= 4 is 0 Å². The summed E-state index contributed by atoms with van der Waals surface area (Å²) < 4.78 is 11.0. The molecule has 2 N–H and O–H groups in total. The number of hydrogen-bond donors (Lipinski definition) is 1. The molecule has 2 fully saturated rings. The zero-order valence-corrected chi connectivity index (χ0v) is 11.8. The van der Waals surface area contributed by atoms with Gasteiger partial charge in [0.25, 0.3) is 0 Å². The highest BCUT2D eigenvalue weighted by Gasteiger charge is 2.43. The van der Waals surface area contributed by atoms with Gasteiger partial charge in [0.1, 0.15) is 11.5 Å². The van der Waals surface area contributed by atoms with Crippen LogP contribution in [0.3, 0.4) is 0 Å². The number of methoxy groups -OCH3 is 2. The third kappa shape index (κ3) is 2.10. The molecule has 2 aliphatic rings. The van der Waals surface area contributed by atoms with E-state index < -0.39 is 0 Å². The third-order valence-electron chi connectivity index (χ3n) is 5.05. The van der Waals surface area contributed by atoms with Crippen molar-refractivity contribution in [3.8, 4) is 11.5 Å². The Morgan fingerprint density at radius 2 is 1.79 bits per heavy atom. The molecule has 2 saturated carbocycles. The topological polar surface area (TPSA) is 44.5 Å². The van der Waals surface area contributed by atoms with Gasteiger partial charge in [0.15, 0.2) is 0 Å².